The molecular formula is C22H19FN2O2. The van der Waals surface area contributed by atoms with E-state index in [-0.39, 0.29) is 11.7 Å². The minimum absolute atomic E-state index is 0.260. The molecular weight excluding hydrogens is 343 g/mol. The predicted octanol–water partition coefficient (Wildman–Crippen LogP) is 4.54. The van der Waals surface area contributed by atoms with Gasteiger partial charge < -0.3 is 0 Å². The van der Waals surface area contributed by atoms with Crippen LogP contribution in [0.3, 0.4) is 0 Å². The molecule has 1 N–H and O–H groups in total. The zero-order chi connectivity index (χ0) is 18.8. The Morgan fingerprint density at radius 3 is 2.70 bits per heavy atom. The lowest BCUT2D eigenvalue weighted by atomic mass is 9.85. The summed E-state index contributed by atoms with van der Waals surface area (Å²) in [6.07, 6.45) is 4.59. The Kier molecular flexibility index (Phi) is 4.69. The maximum absolute atomic E-state index is 13.2. The molecule has 1 aliphatic rings. The molecule has 0 aliphatic heterocycles. The van der Waals surface area contributed by atoms with Crippen molar-refractivity contribution in [3.05, 3.63) is 76.7 Å². The maximum atomic E-state index is 13.2. The number of pyridine rings is 1. The number of nitrogens with one attached hydrogen (secondary N) is 1. The number of allylic oxidation sites excluding steroid dienone is 1. The molecule has 0 saturated heterocycles. The van der Waals surface area contributed by atoms with Crippen LogP contribution in [-0.2, 0) is 11.3 Å². The summed E-state index contributed by atoms with van der Waals surface area (Å²) in [6.45, 7) is 0. The maximum Gasteiger partial charge on any atom is 0.275 e. The lowest BCUT2D eigenvalue weighted by Crippen LogP contribution is -2.25. The Morgan fingerprint density at radius 1 is 1.15 bits per heavy atom. The van der Waals surface area contributed by atoms with Gasteiger partial charge in [-0.25, -0.2) is 14.9 Å². The Labute approximate surface area is 156 Å². The molecule has 1 aromatic heterocycles. The van der Waals surface area contributed by atoms with Gasteiger partial charge >= 0.3 is 0 Å². The van der Waals surface area contributed by atoms with E-state index in [1.807, 2.05) is 30.3 Å². The molecule has 136 valence electrons. The number of aromatic nitrogens is 1. The highest BCUT2D eigenvalue weighted by Gasteiger charge is 2.25. The quantitative estimate of drug-likeness (QED) is 0.696. The van der Waals surface area contributed by atoms with Crippen LogP contribution in [0.5, 0.6) is 0 Å². The highest BCUT2D eigenvalue weighted by Crippen LogP contribution is 2.36. The number of carbonyl (C=O) groups excluding carboxylic acids is 1. The van der Waals surface area contributed by atoms with Crippen molar-refractivity contribution in [3.8, 4) is 0 Å². The standard InChI is InChI=1S/C22H19FN2O2/c1-27-25-22(26)20-17-6-2-3-8-19(17)24-21-15(5-4-7-18(20)21)13-14-9-11-16(23)12-10-14/h2-3,6,8-13H,4-5,7H2,1H3,(H,25,26)/b15-13-. The van der Waals surface area contributed by atoms with E-state index < -0.39 is 0 Å². The van der Waals surface area contributed by atoms with E-state index in [2.05, 4.69) is 5.48 Å². The number of halogens is 1. The second kappa shape index (κ2) is 7.29. The highest BCUT2D eigenvalue weighted by atomic mass is 19.1. The molecule has 3 aromatic rings. The predicted molar refractivity (Wildman–Crippen MR) is 103 cm³/mol. The van der Waals surface area contributed by atoms with Crippen LogP contribution in [0, 0.1) is 5.82 Å². The van der Waals surface area contributed by atoms with Gasteiger partial charge in [0.25, 0.3) is 5.91 Å². The lowest BCUT2D eigenvalue weighted by molar-refractivity contribution is 0.0538. The first-order chi connectivity index (χ1) is 13.2. The van der Waals surface area contributed by atoms with Crippen LogP contribution >= 0.6 is 0 Å². The van der Waals surface area contributed by atoms with E-state index in [4.69, 9.17) is 9.82 Å². The summed E-state index contributed by atoms with van der Waals surface area (Å²) in [5.74, 6) is -0.529. The van der Waals surface area contributed by atoms with Crippen LogP contribution in [0.4, 0.5) is 4.39 Å². The first-order valence-electron chi connectivity index (χ1n) is 8.89. The van der Waals surface area contributed by atoms with Gasteiger partial charge in [0.05, 0.1) is 23.9 Å². The molecule has 27 heavy (non-hydrogen) atoms. The molecule has 2 aromatic carbocycles. The molecule has 4 rings (SSSR count). The van der Waals surface area contributed by atoms with Crippen molar-refractivity contribution in [2.24, 2.45) is 0 Å². The molecule has 0 radical (unpaired) electrons. The molecule has 0 unspecified atom stereocenters. The summed E-state index contributed by atoms with van der Waals surface area (Å²) in [5, 5.41) is 0.814. The third-order valence-corrected chi connectivity index (χ3v) is 4.80. The van der Waals surface area contributed by atoms with Gasteiger partial charge in [-0.05, 0) is 60.2 Å². The van der Waals surface area contributed by atoms with Gasteiger partial charge in [-0.1, -0.05) is 30.3 Å². The summed E-state index contributed by atoms with van der Waals surface area (Å²) < 4.78 is 13.2. The van der Waals surface area contributed by atoms with E-state index in [0.717, 1.165) is 52.6 Å². The van der Waals surface area contributed by atoms with Crippen molar-refractivity contribution in [2.45, 2.75) is 19.3 Å². The third kappa shape index (κ3) is 3.34. The molecule has 0 spiro atoms. The number of hydroxylamine groups is 1. The Hall–Kier alpha value is -3.05. The molecule has 1 amide bonds. The molecule has 0 fully saturated rings. The van der Waals surface area contributed by atoms with Gasteiger partial charge in [-0.3, -0.25) is 9.63 Å². The third-order valence-electron chi connectivity index (χ3n) is 4.80. The molecule has 4 nitrogen and oxygen atoms in total. The van der Waals surface area contributed by atoms with Gasteiger partial charge in [0, 0.05) is 5.39 Å². The first-order valence-corrected chi connectivity index (χ1v) is 8.89. The minimum atomic E-state index is -0.268. The van der Waals surface area contributed by atoms with Crippen molar-refractivity contribution < 1.29 is 14.0 Å². The summed E-state index contributed by atoms with van der Waals surface area (Å²) in [4.78, 5) is 22.4. The summed E-state index contributed by atoms with van der Waals surface area (Å²) >= 11 is 0. The van der Waals surface area contributed by atoms with E-state index in [0.29, 0.717) is 5.56 Å². The van der Waals surface area contributed by atoms with Crippen molar-refractivity contribution in [3.63, 3.8) is 0 Å². The normalized spacial score (nSPS) is 15.0. The van der Waals surface area contributed by atoms with Crippen molar-refractivity contribution in [1.29, 1.82) is 0 Å². The highest BCUT2D eigenvalue weighted by molar-refractivity contribution is 6.08. The zero-order valence-electron chi connectivity index (χ0n) is 15.0. The van der Waals surface area contributed by atoms with E-state index >= 15 is 0 Å². The lowest BCUT2D eigenvalue weighted by Gasteiger charge is -2.22. The number of benzene rings is 2. The molecule has 1 heterocycles. The fourth-order valence-electron chi connectivity index (χ4n) is 3.64. The number of amides is 1. The molecule has 1 aliphatic carbocycles. The first kappa shape index (κ1) is 17.4. The summed E-state index contributed by atoms with van der Waals surface area (Å²) in [7, 11) is 1.42. The van der Waals surface area contributed by atoms with Crippen molar-refractivity contribution in [1.82, 2.24) is 10.5 Å². The van der Waals surface area contributed by atoms with Crippen LogP contribution in [-0.4, -0.2) is 18.0 Å². The van der Waals surface area contributed by atoms with Crippen molar-refractivity contribution in [2.75, 3.05) is 7.11 Å². The number of rotatable bonds is 3. The number of para-hydroxylation sites is 1. The smallest absolute Gasteiger partial charge is 0.275 e. The number of carbonyl (C=O) groups is 1. The average Bonchev–Trinajstić information content (AvgIpc) is 2.68. The van der Waals surface area contributed by atoms with Crippen LogP contribution in [0.25, 0.3) is 22.6 Å². The Bertz CT molecular complexity index is 1040. The van der Waals surface area contributed by atoms with Gasteiger partial charge in [0.1, 0.15) is 5.82 Å². The fourth-order valence-corrected chi connectivity index (χ4v) is 3.64. The van der Waals surface area contributed by atoms with Crippen molar-refractivity contribution >= 4 is 28.5 Å². The van der Waals surface area contributed by atoms with E-state index in [1.165, 1.54) is 19.2 Å². The molecule has 5 heteroatoms. The number of fused-ring (bicyclic) bond motifs is 2. The van der Waals surface area contributed by atoms with Crippen LogP contribution < -0.4 is 5.48 Å². The number of hydrogen-bond acceptors (Lipinski definition) is 3. The zero-order valence-corrected chi connectivity index (χ0v) is 15.0. The summed E-state index contributed by atoms with van der Waals surface area (Å²) in [5.41, 5.74) is 7.57. The van der Waals surface area contributed by atoms with Gasteiger partial charge in [-0.2, -0.15) is 0 Å². The minimum Gasteiger partial charge on any atom is -0.277 e. The Balaban J connectivity index is 1.92. The molecule has 0 saturated carbocycles. The monoisotopic (exact) mass is 362 g/mol. The van der Waals surface area contributed by atoms with E-state index in [1.54, 1.807) is 12.1 Å². The second-order valence-corrected chi connectivity index (χ2v) is 6.54. The van der Waals surface area contributed by atoms with Crippen LogP contribution in [0.2, 0.25) is 0 Å². The average molecular weight is 362 g/mol. The van der Waals surface area contributed by atoms with Gasteiger partial charge in [-0.15, -0.1) is 0 Å². The second-order valence-electron chi connectivity index (χ2n) is 6.54. The number of hydrogen-bond donors (Lipinski definition) is 1. The molecule has 0 atom stereocenters. The van der Waals surface area contributed by atoms with Gasteiger partial charge in [0.2, 0.25) is 0 Å². The largest absolute Gasteiger partial charge is 0.277 e. The fraction of sp³-hybridized carbons (Fsp3) is 0.182. The Morgan fingerprint density at radius 2 is 1.93 bits per heavy atom. The molecule has 0 bridgehead atoms. The SMILES string of the molecule is CONC(=O)c1c2c(nc3ccccc13)/C(=C\c1ccc(F)cc1)CCC2. The van der Waals surface area contributed by atoms with Gasteiger partial charge in [0.15, 0.2) is 0 Å². The van der Waals surface area contributed by atoms with Crippen LogP contribution in [0.1, 0.15) is 40.0 Å². The van der Waals surface area contributed by atoms with E-state index in [9.17, 15) is 9.18 Å². The topological polar surface area (TPSA) is 51.2 Å². The van der Waals surface area contributed by atoms with Crippen LogP contribution in [0.15, 0.2) is 48.5 Å². The summed E-state index contributed by atoms with van der Waals surface area (Å²) in [6, 6.07) is 14.0. The number of nitrogens with zero attached hydrogens (tertiary/aromatic N) is 1.